The first-order valence-corrected chi connectivity index (χ1v) is 7.75. The van der Waals surface area contributed by atoms with E-state index in [2.05, 4.69) is 5.32 Å². The molecule has 0 amide bonds. The molecule has 0 aromatic heterocycles. The minimum Gasteiger partial charge on any atom is -0.397 e. The minimum atomic E-state index is -3.70. The maximum absolute atomic E-state index is 11.2. The van der Waals surface area contributed by atoms with Crippen molar-refractivity contribution in [2.45, 2.75) is 17.7 Å². The molecule has 1 aromatic rings. The molecule has 0 aliphatic carbocycles. The number of nitrogen functional groups attached to an aromatic ring is 1. The Hall–Kier alpha value is -1.31. The van der Waals surface area contributed by atoms with E-state index in [4.69, 9.17) is 15.6 Å². The van der Waals surface area contributed by atoms with Gasteiger partial charge in [-0.15, -0.1) is 0 Å². The second-order valence-corrected chi connectivity index (χ2v) is 6.30. The molecule has 1 aliphatic rings. The summed E-state index contributed by atoms with van der Waals surface area (Å²) >= 11 is 0. The second kappa shape index (κ2) is 5.77. The third kappa shape index (κ3) is 3.82. The number of ether oxygens (including phenoxy) is 1. The summed E-state index contributed by atoms with van der Waals surface area (Å²) < 4.78 is 27.6. The van der Waals surface area contributed by atoms with Crippen LogP contribution in [0.5, 0.6) is 0 Å². The molecule has 1 aliphatic heterocycles. The van der Waals surface area contributed by atoms with Crippen molar-refractivity contribution in [3.8, 4) is 0 Å². The predicted molar refractivity (Wildman–Crippen MR) is 74.3 cm³/mol. The van der Waals surface area contributed by atoms with E-state index in [-0.39, 0.29) is 4.90 Å². The van der Waals surface area contributed by atoms with Gasteiger partial charge in [-0.25, -0.2) is 13.6 Å². The lowest BCUT2D eigenvalue weighted by atomic mass is 10.1. The second-order valence-electron chi connectivity index (χ2n) is 4.74. The Morgan fingerprint density at radius 3 is 2.79 bits per heavy atom. The summed E-state index contributed by atoms with van der Waals surface area (Å²) in [6.07, 6.45) is 2.11. The van der Waals surface area contributed by atoms with Crippen LogP contribution in [0.15, 0.2) is 23.1 Å². The van der Waals surface area contributed by atoms with E-state index in [0.29, 0.717) is 11.6 Å². The number of hydrogen-bond donors (Lipinski definition) is 3. The zero-order chi connectivity index (χ0) is 13.9. The van der Waals surface area contributed by atoms with Crippen LogP contribution in [0.2, 0.25) is 0 Å². The summed E-state index contributed by atoms with van der Waals surface area (Å²) in [7, 11) is -3.70. The normalized spacial score (nSPS) is 19.5. The summed E-state index contributed by atoms with van der Waals surface area (Å²) in [6, 6.07) is 4.46. The summed E-state index contributed by atoms with van der Waals surface area (Å²) in [5.41, 5.74) is 6.92. The van der Waals surface area contributed by atoms with Gasteiger partial charge in [-0.2, -0.15) is 0 Å². The number of hydrogen-bond acceptors (Lipinski definition) is 5. The Morgan fingerprint density at radius 1 is 1.42 bits per heavy atom. The van der Waals surface area contributed by atoms with Gasteiger partial charge in [-0.3, -0.25) is 0 Å². The molecule has 0 spiro atoms. The van der Waals surface area contributed by atoms with Crippen molar-refractivity contribution >= 4 is 21.4 Å². The standard InChI is InChI=1S/C12H19N3O3S/c13-11-7-10(19(14,16)17)1-2-12(11)15-5-3-9-4-6-18-8-9/h1-2,7,9,15H,3-6,8,13H2,(H2,14,16,17). The lowest BCUT2D eigenvalue weighted by Gasteiger charge is -2.12. The van der Waals surface area contributed by atoms with Gasteiger partial charge in [0.2, 0.25) is 10.0 Å². The monoisotopic (exact) mass is 285 g/mol. The SMILES string of the molecule is Nc1cc(S(N)(=O)=O)ccc1NCCC1CCOC1. The molecule has 1 aromatic carbocycles. The molecule has 1 saturated heterocycles. The molecular weight excluding hydrogens is 266 g/mol. The van der Waals surface area contributed by atoms with Crippen LogP contribution in [0.25, 0.3) is 0 Å². The molecule has 2 rings (SSSR count). The molecule has 5 N–H and O–H groups in total. The molecular formula is C12H19N3O3S. The van der Waals surface area contributed by atoms with E-state index < -0.39 is 10.0 Å². The van der Waals surface area contributed by atoms with Crippen molar-refractivity contribution in [1.29, 1.82) is 0 Å². The predicted octanol–water partition coefficient (Wildman–Crippen LogP) is 0.755. The average Bonchev–Trinajstić information content (AvgIpc) is 2.83. The topological polar surface area (TPSA) is 107 Å². The number of sulfonamides is 1. The van der Waals surface area contributed by atoms with Crippen LogP contribution in [-0.4, -0.2) is 28.2 Å². The van der Waals surface area contributed by atoms with Crippen molar-refractivity contribution in [1.82, 2.24) is 0 Å². The summed E-state index contributed by atoms with van der Waals surface area (Å²) in [5.74, 6) is 0.595. The summed E-state index contributed by atoms with van der Waals surface area (Å²) in [4.78, 5) is 0.0275. The smallest absolute Gasteiger partial charge is 0.238 e. The van der Waals surface area contributed by atoms with Crippen LogP contribution in [-0.2, 0) is 14.8 Å². The minimum absolute atomic E-state index is 0.0275. The van der Waals surface area contributed by atoms with Gasteiger partial charge in [-0.05, 0) is 37.0 Å². The molecule has 7 heteroatoms. The zero-order valence-electron chi connectivity index (χ0n) is 10.6. The number of nitrogens with two attached hydrogens (primary N) is 2. The van der Waals surface area contributed by atoms with Crippen molar-refractivity contribution in [2.75, 3.05) is 30.8 Å². The lowest BCUT2D eigenvalue weighted by molar-refractivity contribution is 0.185. The van der Waals surface area contributed by atoms with Gasteiger partial charge in [0.05, 0.1) is 16.3 Å². The van der Waals surface area contributed by atoms with Crippen LogP contribution in [0.3, 0.4) is 0 Å². The molecule has 1 atom stereocenters. The van der Waals surface area contributed by atoms with Crippen molar-refractivity contribution in [3.05, 3.63) is 18.2 Å². The van der Waals surface area contributed by atoms with E-state index in [0.717, 1.165) is 38.3 Å². The number of rotatable bonds is 5. The van der Waals surface area contributed by atoms with Gasteiger partial charge in [0, 0.05) is 19.8 Å². The summed E-state index contributed by atoms with van der Waals surface area (Å²) in [5, 5.41) is 8.24. The first kappa shape index (κ1) is 14.1. The molecule has 0 radical (unpaired) electrons. The van der Waals surface area contributed by atoms with Gasteiger partial charge in [0.1, 0.15) is 0 Å². The van der Waals surface area contributed by atoms with Gasteiger partial charge in [0.15, 0.2) is 0 Å². The largest absolute Gasteiger partial charge is 0.397 e. The molecule has 1 heterocycles. The first-order chi connectivity index (χ1) is 8.97. The highest BCUT2D eigenvalue weighted by Gasteiger charge is 2.15. The molecule has 1 unspecified atom stereocenters. The maximum atomic E-state index is 11.2. The quantitative estimate of drug-likeness (QED) is 0.692. The Kier molecular flexibility index (Phi) is 4.28. The highest BCUT2D eigenvalue weighted by Crippen LogP contribution is 2.23. The molecule has 0 bridgehead atoms. The molecule has 1 fully saturated rings. The lowest BCUT2D eigenvalue weighted by Crippen LogP contribution is -2.14. The van der Waals surface area contributed by atoms with Crippen LogP contribution < -0.4 is 16.2 Å². The molecule has 19 heavy (non-hydrogen) atoms. The highest BCUT2D eigenvalue weighted by atomic mass is 32.2. The fourth-order valence-corrected chi connectivity index (χ4v) is 2.65. The molecule has 6 nitrogen and oxygen atoms in total. The summed E-state index contributed by atoms with van der Waals surface area (Å²) in [6.45, 7) is 2.45. The fourth-order valence-electron chi connectivity index (χ4n) is 2.10. The number of nitrogens with one attached hydrogen (secondary N) is 1. The number of benzene rings is 1. The van der Waals surface area contributed by atoms with Gasteiger partial charge in [-0.1, -0.05) is 0 Å². The third-order valence-corrected chi connectivity index (χ3v) is 4.15. The van der Waals surface area contributed by atoms with E-state index >= 15 is 0 Å². The third-order valence-electron chi connectivity index (χ3n) is 3.24. The van der Waals surface area contributed by atoms with Gasteiger partial charge >= 0.3 is 0 Å². The molecule has 106 valence electrons. The van der Waals surface area contributed by atoms with E-state index in [1.54, 1.807) is 6.07 Å². The van der Waals surface area contributed by atoms with Crippen molar-refractivity contribution in [2.24, 2.45) is 11.1 Å². The Balaban J connectivity index is 1.93. The van der Waals surface area contributed by atoms with Crippen molar-refractivity contribution in [3.63, 3.8) is 0 Å². The van der Waals surface area contributed by atoms with E-state index in [1.807, 2.05) is 0 Å². The van der Waals surface area contributed by atoms with Crippen LogP contribution >= 0.6 is 0 Å². The van der Waals surface area contributed by atoms with Crippen LogP contribution in [0.4, 0.5) is 11.4 Å². The Labute approximate surface area is 113 Å². The van der Waals surface area contributed by atoms with Crippen LogP contribution in [0.1, 0.15) is 12.8 Å². The number of anilines is 2. The van der Waals surface area contributed by atoms with Crippen molar-refractivity contribution < 1.29 is 13.2 Å². The fraction of sp³-hybridized carbons (Fsp3) is 0.500. The Bertz CT molecular complexity index is 539. The highest BCUT2D eigenvalue weighted by molar-refractivity contribution is 7.89. The average molecular weight is 285 g/mol. The molecule has 0 saturated carbocycles. The van der Waals surface area contributed by atoms with Gasteiger partial charge < -0.3 is 15.8 Å². The zero-order valence-corrected chi connectivity index (χ0v) is 11.4. The van der Waals surface area contributed by atoms with E-state index in [9.17, 15) is 8.42 Å². The number of primary sulfonamides is 1. The maximum Gasteiger partial charge on any atom is 0.238 e. The van der Waals surface area contributed by atoms with Gasteiger partial charge in [0.25, 0.3) is 0 Å². The first-order valence-electron chi connectivity index (χ1n) is 6.21. The van der Waals surface area contributed by atoms with Crippen LogP contribution in [0, 0.1) is 5.92 Å². The van der Waals surface area contributed by atoms with E-state index in [1.165, 1.54) is 12.1 Å². The Morgan fingerprint density at radius 2 is 2.21 bits per heavy atom.